The second-order valence-corrected chi connectivity index (χ2v) is 4.19. The second-order valence-electron chi connectivity index (χ2n) is 2.93. The van der Waals surface area contributed by atoms with Crippen molar-refractivity contribution in [1.82, 2.24) is 5.48 Å². The fourth-order valence-corrected chi connectivity index (χ4v) is 1.28. The summed E-state index contributed by atoms with van der Waals surface area (Å²) in [4.78, 5) is 31.2. The third-order valence-electron chi connectivity index (χ3n) is 1.49. The molecule has 0 aromatic rings. The second kappa shape index (κ2) is 7.20. The first kappa shape index (κ1) is 15.8. The van der Waals surface area contributed by atoms with Crippen LogP contribution in [0.1, 0.15) is 12.8 Å². The maximum atomic E-state index is 10.7. The fourth-order valence-electron chi connectivity index (χ4n) is 0.771. The molecule has 0 aliphatic heterocycles. The normalized spacial score (nSPS) is 15.9. The van der Waals surface area contributed by atoms with Gasteiger partial charge in [-0.2, -0.15) is 5.48 Å². The van der Waals surface area contributed by atoms with Crippen LogP contribution in [0.2, 0.25) is 0 Å². The molecular weight excluding hydrogens is 257 g/mol. The van der Waals surface area contributed by atoms with Crippen LogP contribution >= 0.6 is 7.82 Å². The molecule has 0 spiro atoms. The number of amides is 1. The predicted octanol–water partition coefficient (Wildman–Crippen LogP) is -1.74. The highest BCUT2D eigenvalue weighted by Crippen LogP contribution is 2.36. The van der Waals surface area contributed by atoms with Gasteiger partial charge in [0, 0.05) is 6.54 Å². The number of rotatable bonds is 8. The number of carbonyl (C=O) groups is 2. The Kier molecular flexibility index (Phi) is 6.69. The van der Waals surface area contributed by atoms with Crippen LogP contribution in [0.3, 0.4) is 0 Å². The number of hydroxylamine groups is 1. The van der Waals surface area contributed by atoms with Crippen LogP contribution < -0.4 is 21.8 Å². The summed E-state index contributed by atoms with van der Waals surface area (Å²) in [5.74, 6) is -1.16. The van der Waals surface area contributed by atoms with E-state index in [0.29, 0.717) is 0 Å². The van der Waals surface area contributed by atoms with Crippen molar-refractivity contribution in [3.05, 3.63) is 0 Å². The first-order chi connectivity index (χ1) is 7.74. The number of primary amides is 1. The quantitative estimate of drug-likeness (QED) is 0.226. The van der Waals surface area contributed by atoms with Crippen molar-refractivity contribution >= 4 is 19.9 Å². The predicted molar refractivity (Wildman–Crippen MR) is 52.2 cm³/mol. The van der Waals surface area contributed by atoms with E-state index in [4.69, 9.17) is 10.8 Å². The first-order valence-corrected chi connectivity index (χ1v) is 5.90. The number of carbonyl (C=O) groups excluding carboxylic acids is 1. The van der Waals surface area contributed by atoms with Gasteiger partial charge in [0.15, 0.2) is 0 Å². The van der Waals surface area contributed by atoms with Gasteiger partial charge in [0.05, 0.1) is 0 Å². The van der Waals surface area contributed by atoms with Gasteiger partial charge in [-0.1, -0.05) is 0 Å². The molecule has 11 heteroatoms. The first-order valence-electron chi connectivity index (χ1n) is 4.44. The van der Waals surface area contributed by atoms with Crippen LogP contribution in [0.5, 0.6) is 0 Å². The molecule has 0 fully saturated rings. The zero-order valence-electron chi connectivity index (χ0n) is 8.70. The molecule has 0 bridgehead atoms. The van der Waals surface area contributed by atoms with E-state index in [9.17, 15) is 19.0 Å². The molecule has 0 aliphatic carbocycles. The van der Waals surface area contributed by atoms with Crippen LogP contribution in [0.4, 0.5) is 4.79 Å². The van der Waals surface area contributed by atoms with Gasteiger partial charge in [-0.15, -0.1) is 0 Å². The Hall–Kier alpha value is -1.19. The maximum Gasteiger partial charge on any atom is 0.410 e. The van der Waals surface area contributed by atoms with E-state index in [1.807, 2.05) is 5.48 Å². The van der Waals surface area contributed by atoms with Crippen LogP contribution in [-0.2, 0) is 18.5 Å². The monoisotopic (exact) mass is 270 g/mol. The standard InChI is InChI=1S/C6H14N3O7P/c7-4(5(10)11)2-1-3-9-16-17(13,14)15-6(8)12/h4,9H,1-3,7H2,(H2,8,12)(H,10,11)(H,13,14)/p-1. The van der Waals surface area contributed by atoms with E-state index < -0.39 is 25.9 Å². The third-order valence-corrected chi connectivity index (χ3v) is 2.25. The van der Waals surface area contributed by atoms with Gasteiger partial charge in [-0.25, -0.2) is 9.42 Å². The molecule has 0 rings (SSSR count). The average molecular weight is 270 g/mol. The summed E-state index contributed by atoms with van der Waals surface area (Å²) in [6.45, 7) is 0.00926. The molecule has 0 heterocycles. The lowest BCUT2D eigenvalue weighted by Gasteiger charge is -2.20. The summed E-state index contributed by atoms with van der Waals surface area (Å²) in [5, 5.41) is 8.42. The van der Waals surface area contributed by atoms with Crippen LogP contribution in [-0.4, -0.2) is 29.8 Å². The van der Waals surface area contributed by atoms with Gasteiger partial charge >= 0.3 is 19.9 Å². The van der Waals surface area contributed by atoms with Gasteiger partial charge in [-0.05, 0) is 12.8 Å². The van der Waals surface area contributed by atoms with Crippen molar-refractivity contribution in [2.45, 2.75) is 18.9 Å². The topological polar surface area (TPSA) is 177 Å². The number of phosphoric ester groups is 1. The Morgan fingerprint density at radius 1 is 1.53 bits per heavy atom. The Morgan fingerprint density at radius 3 is 2.59 bits per heavy atom. The molecule has 2 atom stereocenters. The lowest BCUT2D eigenvalue weighted by atomic mass is 10.2. The molecule has 0 aliphatic rings. The van der Waals surface area contributed by atoms with Crippen LogP contribution in [0.15, 0.2) is 0 Å². The van der Waals surface area contributed by atoms with Gasteiger partial charge in [-0.3, -0.25) is 9.36 Å². The highest BCUT2D eigenvalue weighted by atomic mass is 31.2. The average Bonchev–Trinajstić information content (AvgIpc) is 2.14. The minimum absolute atomic E-state index is 0.00926. The van der Waals surface area contributed by atoms with Crippen molar-refractivity contribution in [2.75, 3.05) is 6.54 Å². The summed E-state index contributed by atoms with van der Waals surface area (Å²) in [6.07, 6.45) is -1.13. The maximum absolute atomic E-state index is 10.7. The number of hydrogen-bond acceptors (Lipinski definition) is 8. The van der Waals surface area contributed by atoms with Crippen molar-refractivity contribution in [3.63, 3.8) is 0 Å². The lowest BCUT2D eigenvalue weighted by Crippen LogP contribution is -2.31. The summed E-state index contributed by atoms with van der Waals surface area (Å²) in [5.41, 5.74) is 11.6. The van der Waals surface area contributed by atoms with Gasteiger partial charge in [0.2, 0.25) is 0 Å². The van der Waals surface area contributed by atoms with Crippen molar-refractivity contribution in [3.8, 4) is 0 Å². The fraction of sp³-hybridized carbons (Fsp3) is 0.667. The van der Waals surface area contributed by atoms with E-state index in [1.165, 1.54) is 0 Å². The molecule has 17 heavy (non-hydrogen) atoms. The van der Waals surface area contributed by atoms with Gasteiger partial charge < -0.3 is 26.0 Å². The number of hydrogen-bond donors (Lipinski definition) is 4. The van der Waals surface area contributed by atoms with E-state index >= 15 is 0 Å². The summed E-state index contributed by atoms with van der Waals surface area (Å²) in [7, 11) is -4.81. The minimum atomic E-state index is -4.81. The molecule has 10 nitrogen and oxygen atoms in total. The number of phosphoric acid groups is 1. The highest BCUT2D eigenvalue weighted by molar-refractivity contribution is 7.46. The Bertz CT molecular complexity index is 323. The number of nitrogens with two attached hydrogens (primary N) is 2. The molecule has 0 saturated carbocycles. The van der Waals surface area contributed by atoms with E-state index in [-0.39, 0.29) is 19.4 Å². The SMILES string of the molecule is NC(=O)OP(=O)([O-])ONCCCC(N)C(=O)O. The molecule has 0 aromatic heterocycles. The Morgan fingerprint density at radius 2 is 2.12 bits per heavy atom. The molecule has 1 amide bonds. The van der Waals surface area contributed by atoms with Crippen molar-refractivity contribution < 1.29 is 33.3 Å². The van der Waals surface area contributed by atoms with Gasteiger partial charge in [0.25, 0.3) is 0 Å². The van der Waals surface area contributed by atoms with Crippen molar-refractivity contribution in [2.24, 2.45) is 11.5 Å². The third kappa shape index (κ3) is 8.60. The molecule has 0 saturated heterocycles. The van der Waals surface area contributed by atoms with Crippen LogP contribution in [0.25, 0.3) is 0 Å². The summed E-state index contributed by atoms with van der Waals surface area (Å²) in [6, 6.07) is -1.03. The Balaban J connectivity index is 3.68. The van der Waals surface area contributed by atoms with E-state index in [2.05, 4.69) is 14.9 Å². The molecule has 6 N–H and O–H groups in total. The number of aliphatic carboxylic acids is 1. The summed E-state index contributed by atoms with van der Waals surface area (Å²) >= 11 is 0. The molecule has 100 valence electrons. The highest BCUT2D eigenvalue weighted by Gasteiger charge is 2.14. The number of carboxylic acids is 1. The molecule has 2 unspecified atom stereocenters. The minimum Gasteiger partial charge on any atom is -0.745 e. The largest absolute Gasteiger partial charge is 0.745 e. The van der Waals surface area contributed by atoms with Crippen molar-refractivity contribution in [1.29, 1.82) is 0 Å². The zero-order valence-corrected chi connectivity index (χ0v) is 9.59. The molecular formula is C6H13N3O7P-. The zero-order chi connectivity index (χ0) is 13.5. The Labute approximate surface area is 96.4 Å². The smallest absolute Gasteiger partial charge is 0.410 e. The van der Waals surface area contributed by atoms with Gasteiger partial charge in [0.1, 0.15) is 6.04 Å². The van der Waals surface area contributed by atoms with E-state index in [0.717, 1.165) is 0 Å². The van der Waals surface area contributed by atoms with Crippen LogP contribution in [0, 0.1) is 0 Å². The number of carboxylic acid groups (broad SMARTS) is 1. The van der Waals surface area contributed by atoms with E-state index in [1.54, 1.807) is 0 Å². The number of nitrogens with one attached hydrogen (secondary N) is 1. The lowest BCUT2D eigenvalue weighted by molar-refractivity contribution is -0.225. The molecule has 0 aromatic carbocycles. The summed E-state index contributed by atoms with van der Waals surface area (Å²) < 4.78 is 18.4. The molecule has 0 radical (unpaired) electrons.